The van der Waals surface area contributed by atoms with Gasteiger partial charge in [0.15, 0.2) is 11.5 Å². The van der Waals surface area contributed by atoms with Crippen molar-refractivity contribution in [2.24, 2.45) is 0 Å². The zero-order valence-corrected chi connectivity index (χ0v) is 10.6. The second-order valence-corrected chi connectivity index (χ2v) is 4.60. The number of hydrogen-bond acceptors (Lipinski definition) is 5. The summed E-state index contributed by atoms with van der Waals surface area (Å²) in [4.78, 5) is 13.6. The van der Waals surface area contributed by atoms with Gasteiger partial charge in [0.2, 0.25) is 0 Å². The van der Waals surface area contributed by atoms with E-state index in [1.807, 2.05) is 30.3 Å². The lowest BCUT2D eigenvalue weighted by atomic mass is 10.1. The highest BCUT2D eigenvalue weighted by Gasteiger charge is 2.19. The number of rotatable bonds is 3. The molecule has 0 spiro atoms. The average Bonchev–Trinajstić information content (AvgIpc) is 2.82. The third-order valence-electron chi connectivity index (χ3n) is 3.26. The molecule has 2 heterocycles. The van der Waals surface area contributed by atoms with Crippen molar-refractivity contribution in [3.8, 4) is 11.3 Å². The molecule has 0 unspecified atom stereocenters. The molecule has 3 rings (SSSR count). The Morgan fingerprint density at radius 2 is 1.84 bits per heavy atom. The van der Waals surface area contributed by atoms with E-state index in [1.54, 1.807) is 0 Å². The van der Waals surface area contributed by atoms with Crippen molar-refractivity contribution < 1.29 is 8.83 Å². The van der Waals surface area contributed by atoms with Gasteiger partial charge < -0.3 is 14.2 Å². The summed E-state index contributed by atoms with van der Waals surface area (Å²) in [5, 5.41) is 3.29. The molecule has 1 aliphatic heterocycles. The summed E-state index contributed by atoms with van der Waals surface area (Å²) in [7, 11) is 0. The summed E-state index contributed by atoms with van der Waals surface area (Å²) in [5.41, 5.74) is 0.874. The normalized spacial score (nSPS) is 16.6. The Morgan fingerprint density at radius 3 is 2.58 bits per heavy atom. The van der Waals surface area contributed by atoms with E-state index in [1.165, 1.54) is 0 Å². The van der Waals surface area contributed by atoms with Crippen molar-refractivity contribution in [1.82, 2.24) is 10.2 Å². The van der Waals surface area contributed by atoms with E-state index in [-0.39, 0.29) is 0 Å². The lowest BCUT2D eigenvalue weighted by molar-refractivity contribution is 0.214. The fraction of sp³-hybridized carbons (Fsp3) is 0.357. The van der Waals surface area contributed by atoms with Crippen LogP contribution in [-0.4, -0.2) is 31.1 Å². The number of piperazine rings is 1. The number of nitrogens with zero attached hydrogens (tertiary/aromatic N) is 1. The molecule has 2 aromatic rings. The van der Waals surface area contributed by atoms with E-state index in [9.17, 15) is 4.79 Å². The van der Waals surface area contributed by atoms with Crippen molar-refractivity contribution in [2.75, 3.05) is 26.2 Å². The summed E-state index contributed by atoms with van der Waals surface area (Å²) >= 11 is 0. The van der Waals surface area contributed by atoms with Crippen LogP contribution in [0.15, 0.2) is 44.0 Å². The maximum atomic E-state index is 11.4. The largest absolute Gasteiger partial charge is 0.519 e. The van der Waals surface area contributed by atoms with Crippen molar-refractivity contribution in [3.05, 3.63) is 46.7 Å². The fourth-order valence-corrected chi connectivity index (χ4v) is 2.29. The summed E-state index contributed by atoms with van der Waals surface area (Å²) in [6.07, 6.45) is 0. The average molecular weight is 260 g/mol. The van der Waals surface area contributed by atoms with Crippen LogP contribution in [0.5, 0.6) is 0 Å². The first-order valence-corrected chi connectivity index (χ1v) is 6.44. The van der Waals surface area contributed by atoms with Crippen LogP contribution in [0.4, 0.5) is 0 Å². The summed E-state index contributed by atoms with van der Waals surface area (Å²) in [6.45, 7) is 4.43. The molecule has 0 amide bonds. The molecule has 0 atom stereocenters. The second-order valence-electron chi connectivity index (χ2n) is 4.60. The molecule has 19 heavy (non-hydrogen) atoms. The van der Waals surface area contributed by atoms with Crippen LogP contribution >= 0.6 is 0 Å². The SMILES string of the molecule is O=c1oc(CN2CCNCC2)c(-c2ccccc2)o1. The van der Waals surface area contributed by atoms with Crippen molar-refractivity contribution in [3.63, 3.8) is 0 Å². The monoisotopic (exact) mass is 260 g/mol. The first-order valence-electron chi connectivity index (χ1n) is 6.44. The summed E-state index contributed by atoms with van der Waals surface area (Å²) < 4.78 is 10.4. The Bertz CT molecular complexity index is 582. The lowest BCUT2D eigenvalue weighted by Gasteiger charge is -2.26. The van der Waals surface area contributed by atoms with Crippen LogP contribution < -0.4 is 11.1 Å². The minimum Gasteiger partial charge on any atom is -0.394 e. The van der Waals surface area contributed by atoms with Gasteiger partial charge in [0, 0.05) is 31.7 Å². The van der Waals surface area contributed by atoms with E-state index in [4.69, 9.17) is 8.83 Å². The molecule has 0 saturated carbocycles. The maximum absolute atomic E-state index is 11.4. The molecule has 5 heteroatoms. The smallest absolute Gasteiger partial charge is 0.394 e. The van der Waals surface area contributed by atoms with E-state index in [0.29, 0.717) is 18.1 Å². The molecule has 1 aromatic carbocycles. The molecule has 100 valence electrons. The van der Waals surface area contributed by atoms with E-state index >= 15 is 0 Å². The third-order valence-corrected chi connectivity index (χ3v) is 3.26. The van der Waals surface area contributed by atoms with Gasteiger partial charge >= 0.3 is 5.82 Å². The zero-order valence-electron chi connectivity index (χ0n) is 10.6. The first kappa shape index (κ1) is 12.2. The van der Waals surface area contributed by atoms with Gasteiger partial charge in [-0.3, -0.25) is 4.90 Å². The van der Waals surface area contributed by atoms with Gasteiger partial charge in [-0.25, -0.2) is 4.79 Å². The van der Waals surface area contributed by atoms with Crippen molar-refractivity contribution in [2.45, 2.75) is 6.54 Å². The second kappa shape index (κ2) is 5.42. The molecule has 0 aliphatic carbocycles. The Balaban J connectivity index is 1.87. The van der Waals surface area contributed by atoms with E-state index in [0.717, 1.165) is 31.7 Å². The Morgan fingerprint density at radius 1 is 1.11 bits per heavy atom. The minimum absolute atomic E-state index is 0.545. The highest BCUT2D eigenvalue weighted by molar-refractivity contribution is 5.58. The van der Waals surface area contributed by atoms with E-state index < -0.39 is 5.82 Å². The van der Waals surface area contributed by atoms with Crippen LogP contribution in [-0.2, 0) is 6.54 Å². The predicted octanol–water partition coefficient (Wildman–Crippen LogP) is 1.31. The van der Waals surface area contributed by atoms with Gasteiger partial charge in [-0.1, -0.05) is 30.3 Å². The van der Waals surface area contributed by atoms with Gasteiger partial charge in [0.05, 0.1) is 6.54 Å². The molecule has 1 aliphatic rings. The highest BCUT2D eigenvalue weighted by Crippen LogP contribution is 2.23. The van der Waals surface area contributed by atoms with Crippen molar-refractivity contribution in [1.29, 1.82) is 0 Å². The number of benzene rings is 1. The predicted molar refractivity (Wildman–Crippen MR) is 70.8 cm³/mol. The molecule has 5 nitrogen and oxygen atoms in total. The zero-order chi connectivity index (χ0) is 13.1. The van der Waals surface area contributed by atoms with Crippen LogP contribution in [0.25, 0.3) is 11.3 Å². The molecular weight excluding hydrogens is 244 g/mol. The Hall–Kier alpha value is -1.85. The number of nitrogens with one attached hydrogen (secondary N) is 1. The molecule has 1 fully saturated rings. The third kappa shape index (κ3) is 2.77. The lowest BCUT2D eigenvalue weighted by Crippen LogP contribution is -2.42. The van der Waals surface area contributed by atoms with Gasteiger partial charge in [0.25, 0.3) is 0 Å². The minimum atomic E-state index is -0.635. The molecule has 0 radical (unpaired) electrons. The van der Waals surface area contributed by atoms with Crippen LogP contribution in [0.1, 0.15) is 5.76 Å². The highest BCUT2D eigenvalue weighted by atomic mass is 16.6. The molecule has 1 N–H and O–H groups in total. The van der Waals surface area contributed by atoms with E-state index in [2.05, 4.69) is 10.2 Å². The van der Waals surface area contributed by atoms with Gasteiger partial charge in [-0.15, -0.1) is 0 Å². The molecule has 0 bridgehead atoms. The molecule has 1 saturated heterocycles. The van der Waals surface area contributed by atoms with Crippen LogP contribution in [0, 0.1) is 0 Å². The van der Waals surface area contributed by atoms with Crippen LogP contribution in [0.3, 0.4) is 0 Å². The quantitative estimate of drug-likeness (QED) is 0.901. The number of hydrogen-bond donors (Lipinski definition) is 1. The summed E-state index contributed by atoms with van der Waals surface area (Å²) in [5.74, 6) is 0.520. The first-order chi connectivity index (χ1) is 9.33. The Kier molecular flexibility index (Phi) is 3.48. The Labute approximate surface area is 110 Å². The fourth-order valence-electron chi connectivity index (χ4n) is 2.29. The van der Waals surface area contributed by atoms with Gasteiger partial charge in [-0.05, 0) is 0 Å². The van der Waals surface area contributed by atoms with Crippen molar-refractivity contribution >= 4 is 0 Å². The topological polar surface area (TPSA) is 58.6 Å². The van der Waals surface area contributed by atoms with Gasteiger partial charge in [-0.2, -0.15) is 0 Å². The summed E-state index contributed by atoms with van der Waals surface area (Å²) in [6, 6.07) is 9.58. The van der Waals surface area contributed by atoms with Crippen LogP contribution in [0.2, 0.25) is 0 Å². The van der Waals surface area contributed by atoms with Gasteiger partial charge in [0.1, 0.15) is 0 Å². The molecular formula is C14H16N2O3. The standard InChI is InChI=1S/C14H16N2O3/c17-14-18-12(10-16-8-6-15-7-9-16)13(19-14)11-4-2-1-3-5-11/h1-5,15H,6-10H2. The molecule has 1 aromatic heterocycles. The maximum Gasteiger partial charge on any atom is 0.519 e.